The Morgan fingerprint density at radius 2 is 1.02 bits per heavy atom. The molecule has 2 nitrogen and oxygen atoms in total. The standard InChI is InChI=1S/C40H24N2/c1-2-6-27(7-3-1)36-24-35(34-22-19-31-10-5-23-41-39(31)40(34)42-36)26-13-11-25(12-14-26)32-20-17-30-16-15-28-8-4-9-29-18-21-33(32)38(30)37(28)29/h1-24H. The van der Waals surface area contributed by atoms with Gasteiger partial charge in [-0.05, 0) is 66.7 Å². The van der Waals surface area contributed by atoms with Crippen molar-refractivity contribution in [3.63, 3.8) is 0 Å². The van der Waals surface area contributed by atoms with Crippen LogP contribution in [0.15, 0.2) is 146 Å². The van der Waals surface area contributed by atoms with E-state index in [2.05, 4.69) is 127 Å². The number of pyridine rings is 2. The molecule has 0 saturated carbocycles. The SMILES string of the molecule is c1ccc(-c2cc(-c3ccc(-c4ccc5ccc6cccc7ccc4c5c67)cc3)c3ccc4cccnc4c3n2)cc1. The predicted molar refractivity (Wildman–Crippen MR) is 177 cm³/mol. The summed E-state index contributed by atoms with van der Waals surface area (Å²) in [6, 6.07) is 50.2. The summed E-state index contributed by atoms with van der Waals surface area (Å²) in [7, 11) is 0. The summed E-state index contributed by atoms with van der Waals surface area (Å²) in [4.78, 5) is 9.87. The van der Waals surface area contributed by atoms with Gasteiger partial charge in [-0.15, -0.1) is 0 Å². The molecule has 0 radical (unpaired) electrons. The van der Waals surface area contributed by atoms with Crippen LogP contribution < -0.4 is 0 Å². The number of rotatable bonds is 3. The fourth-order valence-electron chi connectivity index (χ4n) is 6.64. The van der Waals surface area contributed by atoms with Crippen molar-refractivity contribution in [2.24, 2.45) is 0 Å². The summed E-state index contributed by atoms with van der Waals surface area (Å²) in [6.07, 6.45) is 1.85. The van der Waals surface area contributed by atoms with E-state index in [9.17, 15) is 0 Å². The first-order valence-corrected chi connectivity index (χ1v) is 14.3. The molecule has 7 aromatic carbocycles. The molecule has 9 aromatic rings. The molecule has 0 bridgehead atoms. The molecule has 0 spiro atoms. The van der Waals surface area contributed by atoms with Crippen LogP contribution in [0.25, 0.3) is 87.6 Å². The van der Waals surface area contributed by atoms with E-state index in [1.54, 1.807) is 0 Å². The van der Waals surface area contributed by atoms with Gasteiger partial charge in [0.25, 0.3) is 0 Å². The van der Waals surface area contributed by atoms with Gasteiger partial charge in [-0.3, -0.25) is 4.98 Å². The minimum absolute atomic E-state index is 0.930. The quantitative estimate of drug-likeness (QED) is 0.212. The molecular weight excluding hydrogens is 508 g/mol. The molecule has 0 aliphatic rings. The predicted octanol–water partition coefficient (Wildman–Crippen LogP) is 10.7. The van der Waals surface area contributed by atoms with Crippen LogP contribution in [0.1, 0.15) is 0 Å². The first kappa shape index (κ1) is 23.1. The third-order valence-corrected chi connectivity index (χ3v) is 8.66. The Balaban J connectivity index is 1.24. The zero-order valence-electron chi connectivity index (χ0n) is 22.8. The summed E-state index contributed by atoms with van der Waals surface area (Å²) in [5, 5.41) is 10.1. The van der Waals surface area contributed by atoms with Crippen LogP contribution in [-0.4, -0.2) is 9.97 Å². The van der Waals surface area contributed by atoms with Gasteiger partial charge in [0.1, 0.15) is 0 Å². The van der Waals surface area contributed by atoms with Crippen LogP contribution in [0.4, 0.5) is 0 Å². The van der Waals surface area contributed by atoms with E-state index in [1.807, 2.05) is 18.3 Å². The van der Waals surface area contributed by atoms with Crippen LogP contribution >= 0.6 is 0 Å². The second-order valence-electron chi connectivity index (χ2n) is 11.0. The van der Waals surface area contributed by atoms with Gasteiger partial charge in [-0.25, -0.2) is 4.98 Å². The molecule has 2 heterocycles. The van der Waals surface area contributed by atoms with Crippen LogP contribution in [-0.2, 0) is 0 Å². The van der Waals surface area contributed by atoms with Gasteiger partial charge < -0.3 is 0 Å². The topological polar surface area (TPSA) is 25.8 Å². The first-order chi connectivity index (χ1) is 20.8. The highest BCUT2D eigenvalue weighted by molar-refractivity contribution is 6.25. The molecule has 2 aromatic heterocycles. The molecule has 0 saturated heterocycles. The monoisotopic (exact) mass is 532 g/mol. The molecule has 0 aliphatic carbocycles. The summed E-state index contributed by atoms with van der Waals surface area (Å²) < 4.78 is 0. The minimum Gasteiger partial charge on any atom is -0.254 e. The van der Waals surface area contributed by atoms with E-state index in [-0.39, 0.29) is 0 Å². The Bertz CT molecular complexity index is 2430. The summed E-state index contributed by atoms with van der Waals surface area (Å²) in [6.45, 7) is 0. The maximum Gasteiger partial charge on any atom is 0.0978 e. The molecule has 0 N–H and O–H groups in total. The lowest BCUT2D eigenvalue weighted by atomic mass is 9.89. The maximum absolute atomic E-state index is 5.14. The smallest absolute Gasteiger partial charge is 0.0978 e. The summed E-state index contributed by atoms with van der Waals surface area (Å²) >= 11 is 0. The Kier molecular flexibility index (Phi) is 4.93. The van der Waals surface area contributed by atoms with Crippen LogP contribution in [0.3, 0.4) is 0 Å². The molecule has 0 aliphatic heterocycles. The van der Waals surface area contributed by atoms with E-state index in [4.69, 9.17) is 9.97 Å². The lowest BCUT2D eigenvalue weighted by molar-refractivity contribution is 1.37. The highest BCUT2D eigenvalue weighted by Crippen LogP contribution is 2.40. The fourth-order valence-corrected chi connectivity index (χ4v) is 6.64. The van der Waals surface area contributed by atoms with E-state index >= 15 is 0 Å². The third-order valence-electron chi connectivity index (χ3n) is 8.66. The van der Waals surface area contributed by atoms with Crippen molar-refractivity contribution in [2.45, 2.75) is 0 Å². The lowest BCUT2D eigenvalue weighted by Gasteiger charge is -2.15. The molecule has 0 amide bonds. The molecule has 194 valence electrons. The number of aromatic nitrogens is 2. The molecule has 42 heavy (non-hydrogen) atoms. The van der Waals surface area contributed by atoms with Crippen molar-refractivity contribution in [2.75, 3.05) is 0 Å². The van der Waals surface area contributed by atoms with Crippen molar-refractivity contribution >= 4 is 54.1 Å². The Morgan fingerprint density at radius 3 is 1.83 bits per heavy atom. The van der Waals surface area contributed by atoms with Crippen molar-refractivity contribution in [1.82, 2.24) is 9.97 Å². The van der Waals surface area contributed by atoms with Crippen LogP contribution in [0.2, 0.25) is 0 Å². The number of benzene rings is 7. The second-order valence-corrected chi connectivity index (χ2v) is 11.0. The van der Waals surface area contributed by atoms with Crippen molar-refractivity contribution < 1.29 is 0 Å². The van der Waals surface area contributed by atoms with Crippen molar-refractivity contribution in [1.29, 1.82) is 0 Å². The minimum atomic E-state index is 0.930. The van der Waals surface area contributed by atoms with Crippen LogP contribution in [0, 0.1) is 0 Å². The maximum atomic E-state index is 5.14. The van der Waals surface area contributed by atoms with Crippen LogP contribution in [0.5, 0.6) is 0 Å². The number of nitrogens with zero attached hydrogens (tertiary/aromatic N) is 2. The zero-order chi connectivity index (χ0) is 27.6. The number of hydrogen-bond acceptors (Lipinski definition) is 2. The average Bonchev–Trinajstić information content (AvgIpc) is 3.07. The largest absolute Gasteiger partial charge is 0.254 e. The third kappa shape index (κ3) is 3.45. The average molecular weight is 533 g/mol. The Labute approximate surface area is 242 Å². The second kappa shape index (κ2) is 8.95. The van der Waals surface area contributed by atoms with Gasteiger partial charge in [-0.1, -0.05) is 127 Å². The normalized spacial score (nSPS) is 11.8. The highest BCUT2D eigenvalue weighted by atomic mass is 14.8. The molecular formula is C40H24N2. The molecule has 0 atom stereocenters. The van der Waals surface area contributed by atoms with Crippen molar-refractivity contribution in [3.05, 3.63) is 146 Å². The van der Waals surface area contributed by atoms with Gasteiger partial charge in [0, 0.05) is 22.5 Å². The highest BCUT2D eigenvalue weighted by Gasteiger charge is 2.15. The van der Waals surface area contributed by atoms with Crippen molar-refractivity contribution in [3.8, 4) is 33.5 Å². The fraction of sp³-hybridized carbons (Fsp3) is 0. The van der Waals surface area contributed by atoms with Gasteiger partial charge in [0.05, 0.1) is 16.7 Å². The number of fused-ring (bicyclic) bond motifs is 3. The first-order valence-electron chi connectivity index (χ1n) is 14.3. The van der Waals surface area contributed by atoms with Gasteiger partial charge in [0.15, 0.2) is 0 Å². The summed E-state index contributed by atoms with van der Waals surface area (Å²) in [5.41, 5.74) is 8.70. The lowest BCUT2D eigenvalue weighted by Crippen LogP contribution is -1.92. The Hall–Kier alpha value is -5.60. The van der Waals surface area contributed by atoms with E-state index in [0.717, 1.165) is 44.2 Å². The van der Waals surface area contributed by atoms with Gasteiger partial charge in [-0.2, -0.15) is 0 Å². The molecule has 9 rings (SSSR count). The molecule has 2 heteroatoms. The zero-order valence-corrected chi connectivity index (χ0v) is 22.8. The van der Waals surface area contributed by atoms with E-state index < -0.39 is 0 Å². The van der Waals surface area contributed by atoms with E-state index in [0.29, 0.717) is 0 Å². The van der Waals surface area contributed by atoms with Gasteiger partial charge >= 0.3 is 0 Å². The number of hydrogen-bond donors (Lipinski definition) is 0. The van der Waals surface area contributed by atoms with E-state index in [1.165, 1.54) is 43.4 Å². The van der Waals surface area contributed by atoms with Gasteiger partial charge in [0.2, 0.25) is 0 Å². The Morgan fingerprint density at radius 1 is 0.381 bits per heavy atom. The molecule has 0 fully saturated rings. The molecule has 0 unspecified atom stereocenters. The summed E-state index contributed by atoms with van der Waals surface area (Å²) in [5.74, 6) is 0.